The minimum Gasteiger partial charge on any atom is -0.478 e. The number of hydrogen-bond donors (Lipinski definition) is 1. The molecule has 0 saturated carbocycles. The van der Waals surface area contributed by atoms with Gasteiger partial charge in [-0.25, -0.2) is 4.79 Å². The zero-order valence-corrected chi connectivity index (χ0v) is 12.2. The molecular weight excluding hydrogens is 268 g/mol. The molecule has 0 aliphatic carbocycles. The van der Waals surface area contributed by atoms with Crippen LogP contribution >= 0.6 is 0 Å². The first kappa shape index (κ1) is 14.0. The van der Waals surface area contributed by atoms with Gasteiger partial charge in [-0.1, -0.05) is 13.3 Å². The molecule has 1 fully saturated rings. The number of aromatic carboxylic acids is 1. The number of hydrogen-bond acceptors (Lipinski definition) is 4. The Morgan fingerprint density at radius 1 is 1.38 bits per heavy atom. The van der Waals surface area contributed by atoms with Gasteiger partial charge in [0.1, 0.15) is 5.82 Å². The predicted molar refractivity (Wildman–Crippen MR) is 78.5 cm³/mol. The fraction of sp³-hybridized carbons (Fsp3) is 0.533. The van der Waals surface area contributed by atoms with E-state index in [0.717, 1.165) is 25.3 Å². The molecule has 1 N–H and O–H groups in total. The number of carbonyl (C=O) groups is 1. The Labute approximate surface area is 123 Å². The molecule has 112 valence electrons. The molecule has 1 aliphatic heterocycles. The molecule has 21 heavy (non-hydrogen) atoms. The minimum absolute atomic E-state index is 0.263. The van der Waals surface area contributed by atoms with E-state index in [0.29, 0.717) is 11.7 Å². The fourth-order valence-corrected chi connectivity index (χ4v) is 3.12. The Bertz CT molecular complexity index is 652. The van der Waals surface area contributed by atoms with Crippen molar-refractivity contribution >= 4 is 11.6 Å². The zero-order valence-electron chi connectivity index (χ0n) is 12.2. The van der Waals surface area contributed by atoms with Gasteiger partial charge in [0, 0.05) is 18.7 Å². The minimum atomic E-state index is -0.926. The number of pyridine rings is 1. The molecule has 6 heteroatoms. The lowest BCUT2D eigenvalue weighted by Crippen LogP contribution is -2.40. The summed E-state index contributed by atoms with van der Waals surface area (Å²) in [7, 11) is 0. The van der Waals surface area contributed by atoms with Crippen LogP contribution in [-0.4, -0.2) is 49.7 Å². The highest BCUT2D eigenvalue weighted by Gasteiger charge is 2.23. The standard InChI is InChI=1S/C15H20N4O2/c1-2-18-8-4-3-5-12(18)9-14-17-16-13-7-6-11(15(20)21)10-19(13)14/h6-7,10,12H,2-5,8-9H2,1H3,(H,20,21). The monoisotopic (exact) mass is 288 g/mol. The van der Waals surface area contributed by atoms with Crippen molar-refractivity contribution < 1.29 is 9.90 Å². The molecule has 1 atom stereocenters. The molecule has 0 aromatic carbocycles. The summed E-state index contributed by atoms with van der Waals surface area (Å²) < 4.78 is 1.81. The Balaban J connectivity index is 1.89. The Morgan fingerprint density at radius 3 is 3.00 bits per heavy atom. The molecule has 0 bridgehead atoms. The smallest absolute Gasteiger partial charge is 0.337 e. The number of nitrogens with zero attached hydrogens (tertiary/aromatic N) is 4. The number of piperidine rings is 1. The summed E-state index contributed by atoms with van der Waals surface area (Å²) in [6, 6.07) is 3.75. The maximum absolute atomic E-state index is 11.1. The highest BCUT2D eigenvalue weighted by Crippen LogP contribution is 2.20. The number of carboxylic acid groups (broad SMARTS) is 1. The predicted octanol–water partition coefficient (Wildman–Crippen LogP) is 1.84. The first-order valence-electron chi connectivity index (χ1n) is 7.50. The highest BCUT2D eigenvalue weighted by atomic mass is 16.4. The van der Waals surface area contributed by atoms with E-state index in [4.69, 9.17) is 5.11 Å². The van der Waals surface area contributed by atoms with Crippen LogP contribution in [0.4, 0.5) is 0 Å². The summed E-state index contributed by atoms with van der Waals surface area (Å²) in [5, 5.41) is 17.5. The fourth-order valence-electron chi connectivity index (χ4n) is 3.12. The second kappa shape index (κ2) is 5.81. The van der Waals surface area contributed by atoms with Crippen molar-refractivity contribution in [2.24, 2.45) is 0 Å². The van der Waals surface area contributed by atoms with Gasteiger partial charge >= 0.3 is 5.97 Å². The van der Waals surface area contributed by atoms with E-state index in [1.54, 1.807) is 18.3 Å². The maximum atomic E-state index is 11.1. The van der Waals surface area contributed by atoms with E-state index in [9.17, 15) is 4.79 Å². The van der Waals surface area contributed by atoms with Gasteiger partial charge in [0.2, 0.25) is 0 Å². The number of rotatable bonds is 4. The van der Waals surface area contributed by atoms with Crippen molar-refractivity contribution in [1.82, 2.24) is 19.5 Å². The van der Waals surface area contributed by atoms with Crippen LogP contribution in [0.1, 0.15) is 42.4 Å². The normalized spacial score (nSPS) is 20.0. The summed E-state index contributed by atoms with van der Waals surface area (Å²) in [6.07, 6.45) is 6.11. The number of carboxylic acids is 1. The molecule has 3 rings (SSSR count). The molecule has 6 nitrogen and oxygen atoms in total. The lowest BCUT2D eigenvalue weighted by atomic mass is 9.99. The average Bonchev–Trinajstić information content (AvgIpc) is 2.90. The van der Waals surface area contributed by atoms with E-state index in [1.807, 2.05) is 4.40 Å². The van der Waals surface area contributed by atoms with Crippen molar-refractivity contribution in [2.45, 2.75) is 38.6 Å². The first-order valence-corrected chi connectivity index (χ1v) is 7.50. The number of aromatic nitrogens is 3. The van der Waals surface area contributed by atoms with Crippen LogP contribution in [0.3, 0.4) is 0 Å². The Morgan fingerprint density at radius 2 is 2.24 bits per heavy atom. The van der Waals surface area contributed by atoms with Gasteiger partial charge in [-0.3, -0.25) is 4.40 Å². The molecule has 1 unspecified atom stereocenters. The second-order valence-corrected chi connectivity index (χ2v) is 5.55. The molecular formula is C15H20N4O2. The quantitative estimate of drug-likeness (QED) is 0.929. The summed E-state index contributed by atoms with van der Waals surface area (Å²) in [5.74, 6) is -0.0807. The lowest BCUT2D eigenvalue weighted by Gasteiger charge is -2.34. The van der Waals surface area contributed by atoms with Crippen LogP contribution in [0.25, 0.3) is 5.65 Å². The molecule has 0 spiro atoms. The molecule has 0 radical (unpaired) electrons. The molecule has 1 saturated heterocycles. The zero-order chi connectivity index (χ0) is 14.8. The maximum Gasteiger partial charge on any atom is 0.337 e. The molecule has 3 heterocycles. The van der Waals surface area contributed by atoms with Crippen LogP contribution in [0, 0.1) is 0 Å². The van der Waals surface area contributed by atoms with E-state index in [2.05, 4.69) is 22.0 Å². The lowest BCUT2D eigenvalue weighted by molar-refractivity contribution is 0.0696. The number of likely N-dealkylation sites (tertiary alicyclic amines) is 1. The topological polar surface area (TPSA) is 70.7 Å². The summed E-state index contributed by atoms with van der Waals surface area (Å²) in [5.41, 5.74) is 0.966. The van der Waals surface area contributed by atoms with Crippen molar-refractivity contribution in [3.8, 4) is 0 Å². The second-order valence-electron chi connectivity index (χ2n) is 5.55. The van der Waals surface area contributed by atoms with E-state index < -0.39 is 5.97 Å². The SMILES string of the molecule is CCN1CCCCC1Cc1nnc2ccc(C(=O)O)cn12. The third-order valence-electron chi connectivity index (χ3n) is 4.29. The van der Waals surface area contributed by atoms with Crippen LogP contribution in [0.2, 0.25) is 0 Å². The molecule has 1 aliphatic rings. The van der Waals surface area contributed by atoms with E-state index in [1.165, 1.54) is 19.3 Å². The van der Waals surface area contributed by atoms with E-state index in [-0.39, 0.29) is 5.56 Å². The van der Waals surface area contributed by atoms with Crippen molar-refractivity contribution in [3.05, 3.63) is 29.7 Å². The Hall–Kier alpha value is -1.95. The van der Waals surface area contributed by atoms with Gasteiger partial charge < -0.3 is 10.0 Å². The van der Waals surface area contributed by atoms with Gasteiger partial charge in [-0.2, -0.15) is 0 Å². The molecule has 0 amide bonds. The molecule has 2 aromatic rings. The van der Waals surface area contributed by atoms with Gasteiger partial charge in [0.15, 0.2) is 5.65 Å². The molecule has 2 aromatic heterocycles. The van der Waals surface area contributed by atoms with Gasteiger partial charge in [0.25, 0.3) is 0 Å². The van der Waals surface area contributed by atoms with Gasteiger partial charge in [0.05, 0.1) is 5.56 Å². The third kappa shape index (κ3) is 2.76. The van der Waals surface area contributed by atoms with Crippen molar-refractivity contribution in [3.63, 3.8) is 0 Å². The van der Waals surface area contributed by atoms with Crippen LogP contribution in [-0.2, 0) is 6.42 Å². The van der Waals surface area contributed by atoms with Crippen LogP contribution < -0.4 is 0 Å². The average molecular weight is 288 g/mol. The van der Waals surface area contributed by atoms with Crippen molar-refractivity contribution in [1.29, 1.82) is 0 Å². The van der Waals surface area contributed by atoms with Gasteiger partial charge in [-0.15, -0.1) is 10.2 Å². The van der Waals surface area contributed by atoms with Crippen LogP contribution in [0.5, 0.6) is 0 Å². The summed E-state index contributed by atoms with van der Waals surface area (Å²) >= 11 is 0. The highest BCUT2D eigenvalue weighted by molar-refractivity contribution is 5.87. The van der Waals surface area contributed by atoms with Crippen LogP contribution in [0.15, 0.2) is 18.3 Å². The third-order valence-corrected chi connectivity index (χ3v) is 4.29. The largest absolute Gasteiger partial charge is 0.478 e. The van der Waals surface area contributed by atoms with Gasteiger partial charge in [-0.05, 0) is 38.1 Å². The van der Waals surface area contributed by atoms with E-state index >= 15 is 0 Å². The number of fused-ring (bicyclic) bond motifs is 1. The summed E-state index contributed by atoms with van der Waals surface area (Å²) in [4.78, 5) is 13.6. The Kier molecular flexibility index (Phi) is 3.88. The van der Waals surface area contributed by atoms with Crippen molar-refractivity contribution in [2.75, 3.05) is 13.1 Å². The summed E-state index contributed by atoms with van der Waals surface area (Å²) in [6.45, 7) is 4.36. The number of likely N-dealkylation sites (N-methyl/N-ethyl adjacent to an activating group) is 1. The first-order chi connectivity index (χ1) is 10.2.